The maximum atomic E-state index is 12.4. The predicted molar refractivity (Wildman–Crippen MR) is 109 cm³/mol. The molecule has 0 aliphatic carbocycles. The van der Waals surface area contributed by atoms with Crippen molar-refractivity contribution in [3.05, 3.63) is 60.2 Å². The Balaban J connectivity index is 1.43. The van der Waals surface area contributed by atoms with E-state index in [9.17, 15) is 9.59 Å². The van der Waals surface area contributed by atoms with Crippen LogP contribution >= 0.6 is 0 Å². The molecule has 0 radical (unpaired) electrons. The van der Waals surface area contributed by atoms with Crippen molar-refractivity contribution in [1.82, 2.24) is 5.32 Å². The monoisotopic (exact) mass is 365 g/mol. The number of anilines is 2. The minimum absolute atomic E-state index is 0.0165. The molecule has 1 fully saturated rings. The molecule has 0 bridgehead atoms. The van der Waals surface area contributed by atoms with E-state index in [1.54, 1.807) is 4.90 Å². The Labute approximate surface area is 161 Å². The van der Waals surface area contributed by atoms with Gasteiger partial charge in [-0.1, -0.05) is 35.9 Å². The number of hydrogen-bond donors (Lipinski definition) is 1. The van der Waals surface area contributed by atoms with Crippen molar-refractivity contribution in [3.8, 4) is 0 Å². The molecule has 2 aromatic carbocycles. The van der Waals surface area contributed by atoms with E-state index in [1.165, 1.54) is 5.69 Å². The Morgan fingerprint density at radius 2 is 1.85 bits per heavy atom. The van der Waals surface area contributed by atoms with Crippen LogP contribution in [0.1, 0.15) is 18.4 Å². The Morgan fingerprint density at radius 1 is 1.15 bits per heavy atom. The van der Waals surface area contributed by atoms with Crippen molar-refractivity contribution >= 4 is 23.2 Å². The summed E-state index contributed by atoms with van der Waals surface area (Å²) in [5.41, 5.74) is 3.18. The quantitative estimate of drug-likeness (QED) is 0.768. The first-order valence-electron chi connectivity index (χ1n) is 9.45. The van der Waals surface area contributed by atoms with Crippen molar-refractivity contribution in [3.63, 3.8) is 0 Å². The minimum atomic E-state index is -0.273. The molecule has 1 N–H and O–H groups in total. The number of nitrogens with one attached hydrogen (secondary N) is 1. The number of aryl methyl sites for hydroxylation is 1. The highest BCUT2D eigenvalue weighted by molar-refractivity contribution is 6.00. The molecule has 1 atom stereocenters. The van der Waals surface area contributed by atoms with E-state index in [-0.39, 0.29) is 24.2 Å². The highest BCUT2D eigenvalue weighted by atomic mass is 16.2. The van der Waals surface area contributed by atoms with Gasteiger partial charge in [-0.2, -0.15) is 0 Å². The van der Waals surface area contributed by atoms with E-state index in [1.807, 2.05) is 56.4 Å². The summed E-state index contributed by atoms with van der Waals surface area (Å²) in [5.74, 6) is -0.284. The maximum Gasteiger partial charge on any atom is 0.227 e. The first-order chi connectivity index (χ1) is 13.0. The van der Waals surface area contributed by atoms with E-state index in [0.29, 0.717) is 13.1 Å². The average Bonchev–Trinajstić information content (AvgIpc) is 3.08. The van der Waals surface area contributed by atoms with Crippen LogP contribution in [0.4, 0.5) is 11.4 Å². The molecule has 5 heteroatoms. The molecule has 27 heavy (non-hydrogen) atoms. The van der Waals surface area contributed by atoms with Gasteiger partial charge < -0.3 is 15.1 Å². The molecule has 2 amide bonds. The predicted octanol–water partition coefficient (Wildman–Crippen LogP) is 2.99. The van der Waals surface area contributed by atoms with Gasteiger partial charge >= 0.3 is 0 Å². The standard InChI is InChI=1S/C22H27N3O2/c1-17-9-11-20(12-10-17)25-16-18(15-21(25)26)22(27)23-13-6-14-24(2)19-7-4-3-5-8-19/h3-5,7-12,18H,6,13-16H2,1-2H3,(H,23,27)/t18-/m1/s1. The molecule has 1 aliphatic heterocycles. The SMILES string of the molecule is Cc1ccc(N2C[C@H](C(=O)NCCCN(C)c3ccccc3)CC2=O)cc1. The van der Waals surface area contributed by atoms with Gasteiger partial charge in [0.2, 0.25) is 11.8 Å². The summed E-state index contributed by atoms with van der Waals surface area (Å²) in [6.07, 6.45) is 1.14. The van der Waals surface area contributed by atoms with Gasteiger partial charge in [0.15, 0.2) is 0 Å². The van der Waals surface area contributed by atoms with E-state index in [2.05, 4.69) is 22.3 Å². The molecule has 142 valence electrons. The van der Waals surface area contributed by atoms with Crippen LogP contribution in [-0.4, -0.2) is 38.5 Å². The number of carbonyl (C=O) groups is 2. The maximum absolute atomic E-state index is 12.4. The zero-order valence-electron chi connectivity index (χ0n) is 16.0. The molecule has 1 heterocycles. The van der Waals surface area contributed by atoms with Crippen LogP contribution in [0.3, 0.4) is 0 Å². The van der Waals surface area contributed by atoms with Gasteiger partial charge in [0, 0.05) is 44.5 Å². The first-order valence-corrected chi connectivity index (χ1v) is 9.45. The summed E-state index contributed by atoms with van der Waals surface area (Å²) in [6, 6.07) is 18.0. The second-order valence-electron chi connectivity index (χ2n) is 7.14. The molecule has 2 aromatic rings. The lowest BCUT2D eigenvalue weighted by Crippen LogP contribution is -2.34. The molecule has 0 unspecified atom stereocenters. The molecule has 3 rings (SSSR count). The summed E-state index contributed by atoms with van der Waals surface area (Å²) in [7, 11) is 2.05. The lowest BCUT2D eigenvalue weighted by atomic mass is 10.1. The van der Waals surface area contributed by atoms with Gasteiger partial charge in [-0.15, -0.1) is 0 Å². The molecule has 0 aromatic heterocycles. The van der Waals surface area contributed by atoms with Crippen LogP contribution < -0.4 is 15.1 Å². The minimum Gasteiger partial charge on any atom is -0.375 e. The molecule has 5 nitrogen and oxygen atoms in total. The zero-order chi connectivity index (χ0) is 19.2. The third-order valence-corrected chi connectivity index (χ3v) is 5.01. The van der Waals surface area contributed by atoms with Crippen LogP contribution in [0.15, 0.2) is 54.6 Å². The topological polar surface area (TPSA) is 52.7 Å². The van der Waals surface area contributed by atoms with E-state index >= 15 is 0 Å². The summed E-state index contributed by atoms with van der Waals surface area (Å²) in [6.45, 7) is 3.95. The number of rotatable bonds is 7. The molecular formula is C22H27N3O2. The zero-order valence-corrected chi connectivity index (χ0v) is 16.0. The van der Waals surface area contributed by atoms with Crippen LogP contribution in [0.2, 0.25) is 0 Å². The van der Waals surface area contributed by atoms with Gasteiger partial charge in [0.1, 0.15) is 0 Å². The molecule has 1 aliphatic rings. The van der Waals surface area contributed by atoms with Gasteiger partial charge in [-0.25, -0.2) is 0 Å². The third-order valence-electron chi connectivity index (χ3n) is 5.01. The highest BCUT2D eigenvalue weighted by Crippen LogP contribution is 2.25. The summed E-state index contributed by atoms with van der Waals surface area (Å²) >= 11 is 0. The fourth-order valence-electron chi connectivity index (χ4n) is 3.34. The number of para-hydroxylation sites is 1. The van der Waals surface area contributed by atoms with Crippen LogP contribution in [0.5, 0.6) is 0 Å². The van der Waals surface area contributed by atoms with E-state index in [4.69, 9.17) is 0 Å². The van der Waals surface area contributed by atoms with Crippen molar-refractivity contribution in [2.45, 2.75) is 19.8 Å². The summed E-state index contributed by atoms with van der Waals surface area (Å²) in [5, 5.41) is 2.99. The molecular weight excluding hydrogens is 338 g/mol. The number of nitrogens with zero attached hydrogens (tertiary/aromatic N) is 2. The smallest absolute Gasteiger partial charge is 0.227 e. The van der Waals surface area contributed by atoms with Gasteiger partial charge in [-0.05, 0) is 37.6 Å². The van der Waals surface area contributed by atoms with Crippen molar-refractivity contribution in [1.29, 1.82) is 0 Å². The van der Waals surface area contributed by atoms with Crippen molar-refractivity contribution < 1.29 is 9.59 Å². The van der Waals surface area contributed by atoms with E-state index in [0.717, 1.165) is 24.2 Å². The average molecular weight is 365 g/mol. The fourth-order valence-corrected chi connectivity index (χ4v) is 3.34. The van der Waals surface area contributed by atoms with Gasteiger partial charge in [-0.3, -0.25) is 9.59 Å². The summed E-state index contributed by atoms with van der Waals surface area (Å²) in [4.78, 5) is 28.6. The Bertz CT molecular complexity index is 774. The number of benzene rings is 2. The number of carbonyl (C=O) groups excluding carboxylic acids is 2. The van der Waals surface area contributed by atoms with Crippen molar-refractivity contribution in [2.24, 2.45) is 5.92 Å². The van der Waals surface area contributed by atoms with Gasteiger partial charge in [0.05, 0.1) is 5.92 Å². The van der Waals surface area contributed by atoms with Crippen molar-refractivity contribution in [2.75, 3.05) is 36.5 Å². The largest absolute Gasteiger partial charge is 0.375 e. The molecule has 0 spiro atoms. The fraction of sp³-hybridized carbons (Fsp3) is 0.364. The Kier molecular flexibility index (Phi) is 6.12. The van der Waals surface area contributed by atoms with Crippen LogP contribution in [0, 0.1) is 12.8 Å². The number of amides is 2. The molecule has 1 saturated heterocycles. The Hall–Kier alpha value is -2.82. The highest BCUT2D eigenvalue weighted by Gasteiger charge is 2.34. The van der Waals surface area contributed by atoms with E-state index < -0.39 is 0 Å². The number of hydrogen-bond acceptors (Lipinski definition) is 3. The normalized spacial score (nSPS) is 16.4. The second kappa shape index (κ2) is 8.71. The third kappa shape index (κ3) is 4.88. The van der Waals surface area contributed by atoms with Crippen LogP contribution in [0.25, 0.3) is 0 Å². The van der Waals surface area contributed by atoms with Gasteiger partial charge in [0.25, 0.3) is 0 Å². The molecule has 0 saturated carbocycles. The Morgan fingerprint density at radius 3 is 2.56 bits per heavy atom. The lowest BCUT2D eigenvalue weighted by Gasteiger charge is -2.19. The first kappa shape index (κ1) is 19.0. The second-order valence-corrected chi connectivity index (χ2v) is 7.14. The lowest BCUT2D eigenvalue weighted by molar-refractivity contribution is -0.126. The summed E-state index contributed by atoms with van der Waals surface area (Å²) < 4.78 is 0. The van der Waals surface area contributed by atoms with Crippen LogP contribution in [-0.2, 0) is 9.59 Å².